The van der Waals surface area contributed by atoms with Crippen LogP contribution >= 0.6 is 0 Å². The third-order valence-electron chi connectivity index (χ3n) is 4.98. The number of rotatable bonds is 5. The summed E-state index contributed by atoms with van der Waals surface area (Å²) < 4.78 is 1.87. The summed E-state index contributed by atoms with van der Waals surface area (Å²) in [4.78, 5) is 15.3. The number of carbonyl (C=O) groups is 1. The lowest BCUT2D eigenvalue weighted by Crippen LogP contribution is -2.33. The molecule has 1 N–H and O–H groups in total. The monoisotopic (exact) mass is 351 g/mol. The van der Waals surface area contributed by atoms with Crippen LogP contribution in [0.2, 0.25) is 0 Å². The number of aromatic amines is 1. The Balaban J connectivity index is 1.69. The fourth-order valence-corrected chi connectivity index (χ4v) is 3.26. The average Bonchev–Trinajstić information content (AvgIpc) is 3.27. The Bertz CT molecular complexity index is 941. The van der Waals surface area contributed by atoms with Gasteiger partial charge in [-0.3, -0.25) is 9.48 Å². The zero-order valence-electron chi connectivity index (χ0n) is 15.1. The minimum atomic E-state index is -0.00412. The smallest absolute Gasteiger partial charge is 0.255 e. The van der Waals surface area contributed by atoms with Gasteiger partial charge >= 0.3 is 0 Å². The quantitative estimate of drug-likeness (QED) is 0.759. The summed E-state index contributed by atoms with van der Waals surface area (Å²) in [5.41, 5.74) is 4.46. The third kappa shape index (κ3) is 2.87. The van der Waals surface area contributed by atoms with Crippen molar-refractivity contribution in [2.45, 2.75) is 39.3 Å². The molecule has 0 unspecified atom stereocenters. The number of carbonyl (C=O) groups excluding carboxylic acids is 1. The second-order valence-electron chi connectivity index (χ2n) is 6.72. The highest BCUT2D eigenvalue weighted by Gasteiger charge is 2.35. The number of nitrogens with one attached hydrogen (secondary N) is 1. The maximum atomic E-state index is 13.4. The number of H-pyrrole nitrogens is 1. The van der Waals surface area contributed by atoms with Crippen LogP contribution in [0.1, 0.15) is 40.2 Å². The Kier molecular flexibility index (Phi) is 4.02. The number of tetrazole rings is 1. The van der Waals surface area contributed by atoms with E-state index in [1.54, 1.807) is 0 Å². The standard InChI is InChI=1S/C18H21N7O/c1-11-16(12(2)24(3)21-11)10-25(13-8-9-13)18(26)15-7-5-4-6-14(15)17-19-22-23-20-17/h4-7,13H,8-10H2,1-3H3,(H,19,20,22,23). The molecule has 8 heteroatoms. The Morgan fingerprint density at radius 3 is 2.69 bits per heavy atom. The number of hydrogen-bond donors (Lipinski definition) is 1. The first-order valence-corrected chi connectivity index (χ1v) is 8.69. The average molecular weight is 351 g/mol. The highest BCUT2D eigenvalue weighted by Crippen LogP contribution is 2.32. The molecule has 1 fully saturated rings. The molecule has 134 valence electrons. The van der Waals surface area contributed by atoms with Crippen LogP contribution in [0.15, 0.2) is 24.3 Å². The fourth-order valence-electron chi connectivity index (χ4n) is 3.26. The molecule has 0 aliphatic heterocycles. The van der Waals surface area contributed by atoms with Gasteiger partial charge in [0.05, 0.1) is 11.3 Å². The SMILES string of the molecule is Cc1nn(C)c(C)c1CN(C(=O)c1ccccc1-c1nn[nH]n1)C1CC1. The maximum Gasteiger partial charge on any atom is 0.255 e. The van der Waals surface area contributed by atoms with Gasteiger partial charge < -0.3 is 4.90 Å². The molecule has 1 aliphatic rings. The van der Waals surface area contributed by atoms with Crippen molar-refractivity contribution in [3.05, 3.63) is 46.8 Å². The van der Waals surface area contributed by atoms with Crippen LogP contribution in [-0.4, -0.2) is 47.3 Å². The van der Waals surface area contributed by atoms with Crippen LogP contribution in [0.4, 0.5) is 0 Å². The molecule has 0 spiro atoms. The summed E-state index contributed by atoms with van der Waals surface area (Å²) in [5.74, 6) is 0.425. The number of hydrogen-bond acceptors (Lipinski definition) is 5. The van der Waals surface area contributed by atoms with E-state index in [1.807, 2.05) is 54.7 Å². The van der Waals surface area contributed by atoms with Gasteiger partial charge in [0, 0.05) is 36.5 Å². The molecule has 1 saturated carbocycles. The molecule has 1 aliphatic carbocycles. The summed E-state index contributed by atoms with van der Waals surface area (Å²) in [6.45, 7) is 4.60. The van der Waals surface area contributed by atoms with E-state index in [2.05, 4.69) is 25.7 Å². The molecule has 26 heavy (non-hydrogen) atoms. The summed E-state index contributed by atoms with van der Waals surface area (Å²) in [5, 5.41) is 18.6. The first-order chi connectivity index (χ1) is 12.6. The first-order valence-electron chi connectivity index (χ1n) is 8.69. The van der Waals surface area contributed by atoms with E-state index < -0.39 is 0 Å². The molecule has 4 rings (SSSR count). The highest BCUT2D eigenvalue weighted by molar-refractivity contribution is 6.00. The van der Waals surface area contributed by atoms with Crippen LogP contribution in [0.25, 0.3) is 11.4 Å². The van der Waals surface area contributed by atoms with Gasteiger partial charge in [-0.1, -0.05) is 18.2 Å². The maximum absolute atomic E-state index is 13.4. The Morgan fingerprint density at radius 2 is 2.08 bits per heavy atom. The van der Waals surface area contributed by atoms with Gasteiger partial charge in [0.15, 0.2) is 0 Å². The zero-order chi connectivity index (χ0) is 18.3. The van der Waals surface area contributed by atoms with E-state index in [9.17, 15) is 4.79 Å². The zero-order valence-corrected chi connectivity index (χ0v) is 15.1. The Morgan fingerprint density at radius 1 is 1.31 bits per heavy atom. The predicted molar refractivity (Wildman–Crippen MR) is 95.2 cm³/mol. The van der Waals surface area contributed by atoms with Crippen molar-refractivity contribution in [2.24, 2.45) is 7.05 Å². The number of amides is 1. The minimum absolute atomic E-state index is 0.00412. The molecule has 1 amide bonds. The van der Waals surface area contributed by atoms with Crippen molar-refractivity contribution < 1.29 is 4.79 Å². The van der Waals surface area contributed by atoms with Crippen LogP contribution in [0.5, 0.6) is 0 Å². The van der Waals surface area contributed by atoms with Gasteiger partial charge in [-0.05, 0) is 38.0 Å². The molecular formula is C18H21N7O. The molecule has 1 aromatic carbocycles. The second kappa shape index (κ2) is 6.36. The molecule has 8 nitrogen and oxygen atoms in total. The first kappa shape index (κ1) is 16.4. The van der Waals surface area contributed by atoms with Gasteiger partial charge in [-0.15, -0.1) is 10.2 Å². The van der Waals surface area contributed by atoms with Crippen molar-refractivity contribution in [3.8, 4) is 11.4 Å². The van der Waals surface area contributed by atoms with E-state index in [0.29, 0.717) is 23.5 Å². The number of benzene rings is 1. The summed E-state index contributed by atoms with van der Waals surface area (Å²) in [6, 6.07) is 7.69. The fraction of sp³-hybridized carbons (Fsp3) is 0.389. The van der Waals surface area contributed by atoms with Gasteiger partial charge in [-0.2, -0.15) is 10.3 Å². The van der Waals surface area contributed by atoms with Crippen molar-refractivity contribution in [3.63, 3.8) is 0 Å². The van der Waals surface area contributed by atoms with Crippen molar-refractivity contribution in [1.82, 2.24) is 35.3 Å². The number of aromatic nitrogens is 6. The van der Waals surface area contributed by atoms with Crippen molar-refractivity contribution in [1.29, 1.82) is 0 Å². The van der Waals surface area contributed by atoms with E-state index in [4.69, 9.17) is 0 Å². The second-order valence-corrected chi connectivity index (χ2v) is 6.72. The number of aryl methyl sites for hydroxylation is 2. The van der Waals surface area contributed by atoms with Crippen molar-refractivity contribution in [2.75, 3.05) is 0 Å². The Hall–Kier alpha value is -3.03. The van der Waals surface area contributed by atoms with Crippen LogP contribution in [0, 0.1) is 13.8 Å². The lowest BCUT2D eigenvalue weighted by molar-refractivity contribution is 0.0730. The Labute approximate surface area is 151 Å². The minimum Gasteiger partial charge on any atom is -0.331 e. The normalized spacial score (nSPS) is 13.8. The molecule has 0 atom stereocenters. The van der Waals surface area contributed by atoms with E-state index in [0.717, 1.165) is 29.8 Å². The largest absolute Gasteiger partial charge is 0.331 e. The number of nitrogens with zero attached hydrogens (tertiary/aromatic N) is 6. The molecule has 2 heterocycles. The van der Waals surface area contributed by atoms with Crippen LogP contribution in [0.3, 0.4) is 0 Å². The molecule has 0 bridgehead atoms. The third-order valence-corrected chi connectivity index (χ3v) is 4.98. The molecule has 0 saturated heterocycles. The summed E-state index contributed by atoms with van der Waals surface area (Å²) in [7, 11) is 1.93. The lowest BCUT2D eigenvalue weighted by Gasteiger charge is -2.23. The van der Waals surface area contributed by atoms with E-state index in [-0.39, 0.29) is 11.9 Å². The van der Waals surface area contributed by atoms with Gasteiger partial charge in [-0.25, -0.2) is 0 Å². The van der Waals surface area contributed by atoms with E-state index in [1.165, 1.54) is 0 Å². The van der Waals surface area contributed by atoms with Gasteiger partial charge in [0.2, 0.25) is 5.82 Å². The predicted octanol–water partition coefficient (Wildman–Crippen LogP) is 2.02. The topological polar surface area (TPSA) is 92.6 Å². The molecule has 3 aromatic rings. The molecule has 0 radical (unpaired) electrons. The summed E-state index contributed by atoms with van der Waals surface area (Å²) >= 11 is 0. The lowest BCUT2D eigenvalue weighted by atomic mass is 10.0. The van der Waals surface area contributed by atoms with Gasteiger partial charge in [0.1, 0.15) is 0 Å². The van der Waals surface area contributed by atoms with Crippen LogP contribution in [-0.2, 0) is 13.6 Å². The molecular weight excluding hydrogens is 330 g/mol. The van der Waals surface area contributed by atoms with Gasteiger partial charge in [0.25, 0.3) is 5.91 Å². The summed E-state index contributed by atoms with van der Waals surface area (Å²) in [6.07, 6.45) is 2.07. The molecule has 2 aromatic heterocycles. The van der Waals surface area contributed by atoms with Crippen molar-refractivity contribution >= 4 is 5.91 Å². The van der Waals surface area contributed by atoms with E-state index >= 15 is 0 Å². The highest BCUT2D eigenvalue weighted by atomic mass is 16.2. The van der Waals surface area contributed by atoms with Crippen LogP contribution < -0.4 is 0 Å².